The standard InChI is InChI=1S/C18H37O2Si.3C4H9.Sn/c1-5-15-18(19)16-13-11-9-7-6-8-10-12-14-17-20-21(2,3)4;3*1-3-4-2;/h17H,5-16H2,1-4H3;3*1,3-4H2,2H3;. The van der Waals surface area contributed by atoms with Crippen LogP contribution in [0.4, 0.5) is 0 Å². The Morgan fingerprint density at radius 2 is 1.06 bits per heavy atom. The van der Waals surface area contributed by atoms with Gasteiger partial charge in [0.1, 0.15) is 0 Å². The van der Waals surface area contributed by atoms with E-state index in [1.807, 2.05) is 0 Å². The van der Waals surface area contributed by atoms with Crippen LogP contribution in [0.2, 0.25) is 33.0 Å². The Labute approximate surface area is 221 Å². The van der Waals surface area contributed by atoms with E-state index in [9.17, 15) is 4.79 Å². The zero-order chi connectivity index (χ0) is 25.7. The van der Waals surface area contributed by atoms with Gasteiger partial charge in [-0.2, -0.15) is 0 Å². The molecule has 0 N–H and O–H groups in total. The molecule has 0 aliphatic carbocycles. The second-order valence-electron chi connectivity index (χ2n) is 12.0. The Morgan fingerprint density at radius 1 is 0.618 bits per heavy atom. The van der Waals surface area contributed by atoms with Crippen LogP contribution >= 0.6 is 0 Å². The molecular formula is C30H64O2SiSn. The van der Waals surface area contributed by atoms with E-state index in [2.05, 4.69) is 47.3 Å². The van der Waals surface area contributed by atoms with Gasteiger partial charge in [-0.1, -0.05) is 6.92 Å². The molecule has 0 aromatic carbocycles. The summed E-state index contributed by atoms with van der Waals surface area (Å²) < 4.78 is 12.5. The van der Waals surface area contributed by atoms with E-state index in [4.69, 9.17) is 4.43 Å². The Hall–Kier alpha value is 0.646. The molecule has 34 heavy (non-hydrogen) atoms. The fourth-order valence-electron chi connectivity index (χ4n) is 5.48. The van der Waals surface area contributed by atoms with Gasteiger partial charge in [0.25, 0.3) is 0 Å². The number of ketones is 1. The van der Waals surface area contributed by atoms with Crippen molar-refractivity contribution in [2.45, 2.75) is 180 Å². The molecule has 0 saturated carbocycles. The van der Waals surface area contributed by atoms with Crippen molar-refractivity contribution in [3.8, 4) is 0 Å². The topological polar surface area (TPSA) is 26.3 Å². The van der Waals surface area contributed by atoms with E-state index in [-0.39, 0.29) is 0 Å². The SMILES string of the molecule is CCC[CH2][Sn]([CH2]CCC)([CH2]CCC)[CH](CCCCCCCCCCC(=O)CCC)O[Si](C)(C)C. The molecule has 0 aliphatic heterocycles. The first-order valence-electron chi connectivity index (χ1n) is 15.4. The number of hydrogen-bond acceptors (Lipinski definition) is 2. The first kappa shape index (κ1) is 34.6. The van der Waals surface area contributed by atoms with Crippen LogP contribution < -0.4 is 0 Å². The van der Waals surface area contributed by atoms with Crippen molar-refractivity contribution in [1.29, 1.82) is 0 Å². The molecule has 4 heteroatoms. The van der Waals surface area contributed by atoms with Crippen LogP contribution in [-0.4, -0.2) is 36.6 Å². The number of Topliss-reactive ketones (excluding diaryl/α,β-unsaturated/α-hetero) is 1. The summed E-state index contributed by atoms with van der Waals surface area (Å²) in [6.45, 7) is 16.5. The fourth-order valence-corrected chi connectivity index (χ4v) is 28.2. The van der Waals surface area contributed by atoms with Gasteiger partial charge in [-0.05, 0) is 6.42 Å². The molecule has 0 saturated heterocycles. The van der Waals surface area contributed by atoms with Gasteiger partial charge >= 0.3 is 197 Å². The molecule has 1 unspecified atom stereocenters. The maximum atomic E-state index is 11.6. The van der Waals surface area contributed by atoms with E-state index in [0.717, 1.165) is 25.7 Å². The van der Waals surface area contributed by atoms with Crippen LogP contribution in [-0.2, 0) is 9.22 Å². The van der Waals surface area contributed by atoms with Crippen molar-refractivity contribution in [3.63, 3.8) is 0 Å². The monoisotopic (exact) mass is 604 g/mol. The van der Waals surface area contributed by atoms with E-state index >= 15 is 0 Å². The van der Waals surface area contributed by atoms with Crippen LogP contribution in [0.3, 0.4) is 0 Å². The number of unbranched alkanes of at least 4 members (excludes halogenated alkanes) is 10. The average Bonchev–Trinajstić information content (AvgIpc) is 2.78. The molecule has 0 aliphatic rings. The third-order valence-electron chi connectivity index (χ3n) is 7.46. The molecule has 0 bridgehead atoms. The van der Waals surface area contributed by atoms with Gasteiger partial charge in [0.05, 0.1) is 0 Å². The van der Waals surface area contributed by atoms with Crippen LogP contribution in [0.5, 0.6) is 0 Å². The number of hydrogen-bond donors (Lipinski definition) is 0. The Kier molecular flexibility index (Phi) is 22.1. The van der Waals surface area contributed by atoms with Gasteiger partial charge < -0.3 is 0 Å². The van der Waals surface area contributed by atoms with Crippen molar-refractivity contribution < 1.29 is 9.22 Å². The maximum absolute atomic E-state index is 11.6. The van der Waals surface area contributed by atoms with Crippen molar-refractivity contribution >= 4 is 32.5 Å². The third-order valence-corrected chi connectivity index (χ3v) is 25.7. The second kappa shape index (κ2) is 21.7. The minimum absolute atomic E-state index is 0.468. The molecule has 0 spiro atoms. The first-order chi connectivity index (χ1) is 16.2. The number of rotatable bonds is 25. The molecule has 0 aromatic rings. The van der Waals surface area contributed by atoms with Gasteiger partial charge in [0.2, 0.25) is 0 Å². The summed E-state index contributed by atoms with van der Waals surface area (Å²) in [6, 6.07) is 0. The molecule has 0 rings (SSSR count). The van der Waals surface area contributed by atoms with E-state index in [0.29, 0.717) is 9.90 Å². The summed E-state index contributed by atoms with van der Waals surface area (Å²) in [5.41, 5.74) is 0. The Balaban J connectivity index is 4.68. The summed E-state index contributed by atoms with van der Waals surface area (Å²) in [6.07, 6.45) is 22.9. The van der Waals surface area contributed by atoms with E-state index < -0.39 is 26.7 Å². The van der Waals surface area contributed by atoms with Gasteiger partial charge in [-0.3, -0.25) is 4.79 Å². The van der Waals surface area contributed by atoms with Crippen molar-refractivity contribution in [3.05, 3.63) is 0 Å². The number of carbonyl (C=O) groups is 1. The average molecular weight is 604 g/mol. The Morgan fingerprint density at radius 3 is 1.47 bits per heavy atom. The summed E-state index contributed by atoms with van der Waals surface area (Å²) in [4.78, 5) is 11.6. The zero-order valence-electron chi connectivity index (χ0n) is 24.7. The summed E-state index contributed by atoms with van der Waals surface area (Å²) >= 11 is -2.35. The normalized spacial score (nSPS) is 13.4. The van der Waals surface area contributed by atoms with E-state index in [1.54, 1.807) is 13.3 Å². The Bertz CT molecular complexity index is 453. The molecule has 0 heterocycles. The third kappa shape index (κ3) is 18.0. The first-order valence-corrected chi connectivity index (χ1v) is 26.5. The molecule has 204 valence electrons. The van der Waals surface area contributed by atoms with Gasteiger partial charge in [0, 0.05) is 6.42 Å². The van der Waals surface area contributed by atoms with Crippen LogP contribution in [0.1, 0.15) is 143 Å². The minimum atomic E-state index is -2.35. The zero-order valence-corrected chi connectivity index (χ0v) is 28.6. The molecule has 1 atom stereocenters. The van der Waals surface area contributed by atoms with E-state index in [1.165, 1.54) is 89.9 Å². The van der Waals surface area contributed by atoms with Gasteiger partial charge in [0.15, 0.2) is 0 Å². The molecular weight excluding hydrogens is 539 g/mol. The predicted molar refractivity (Wildman–Crippen MR) is 159 cm³/mol. The second-order valence-corrected chi connectivity index (χ2v) is 30.4. The molecule has 0 aromatic heterocycles. The van der Waals surface area contributed by atoms with Crippen molar-refractivity contribution in [1.82, 2.24) is 0 Å². The van der Waals surface area contributed by atoms with Crippen molar-refractivity contribution in [2.24, 2.45) is 0 Å². The van der Waals surface area contributed by atoms with Crippen LogP contribution in [0.25, 0.3) is 0 Å². The van der Waals surface area contributed by atoms with Crippen molar-refractivity contribution in [2.75, 3.05) is 0 Å². The summed E-state index contributed by atoms with van der Waals surface area (Å²) in [7, 11) is -1.53. The summed E-state index contributed by atoms with van der Waals surface area (Å²) in [5, 5.41) is 0. The predicted octanol–water partition coefficient (Wildman–Crippen LogP) is 10.9. The summed E-state index contributed by atoms with van der Waals surface area (Å²) in [5.74, 6) is 0.468. The quantitative estimate of drug-likeness (QED) is 0.0767. The fraction of sp³-hybridized carbons (Fsp3) is 0.967. The molecule has 0 fully saturated rings. The van der Waals surface area contributed by atoms with Crippen LogP contribution in [0, 0.1) is 0 Å². The molecule has 0 radical (unpaired) electrons. The number of carbonyl (C=O) groups excluding carboxylic acids is 1. The van der Waals surface area contributed by atoms with Crippen LogP contribution in [0.15, 0.2) is 0 Å². The van der Waals surface area contributed by atoms with Gasteiger partial charge in [-0.15, -0.1) is 0 Å². The molecule has 0 amide bonds. The van der Waals surface area contributed by atoms with Gasteiger partial charge in [-0.25, -0.2) is 0 Å². The molecule has 2 nitrogen and oxygen atoms in total.